The van der Waals surface area contributed by atoms with E-state index < -0.39 is 36.2 Å². The largest absolute Gasteiger partial charge is 0.495 e. The molecule has 0 atom stereocenters. The number of anilines is 12. The number of piperidine rings is 1. The van der Waals surface area contributed by atoms with Gasteiger partial charge >= 0.3 is 36.2 Å². The van der Waals surface area contributed by atoms with Gasteiger partial charge in [-0.2, -0.15) is 0 Å². The molecule has 15 rings (SSSR count). The molecule has 0 aliphatic carbocycles. The smallest absolute Gasteiger partial charge is 0.325 e. The number of benzene rings is 6. The van der Waals surface area contributed by atoms with Gasteiger partial charge < -0.3 is 74.9 Å². The first-order chi connectivity index (χ1) is 67.5. The van der Waals surface area contributed by atoms with Crippen molar-refractivity contribution < 1.29 is 61.9 Å². The summed E-state index contributed by atoms with van der Waals surface area (Å²) in [4.78, 5) is 131. The molecule has 12 aromatic rings. The number of hydrogen-bond acceptors (Lipinski definition) is 30. The van der Waals surface area contributed by atoms with Crippen LogP contribution in [0.1, 0.15) is 19.3 Å². The molecule has 0 spiro atoms. The van der Waals surface area contributed by atoms with Crippen molar-refractivity contribution in [1.82, 2.24) is 84.3 Å². The fourth-order valence-electron chi connectivity index (χ4n) is 12.5. The Hall–Kier alpha value is -14.6. The lowest BCUT2D eigenvalue weighted by Crippen LogP contribution is -2.45. The Balaban J connectivity index is 0.000000173. The number of aromatic nitrogens is 12. The zero-order valence-electron chi connectivity index (χ0n) is 76.5. The minimum absolute atomic E-state index is 0.348. The normalized spacial score (nSPS) is 12.8. The number of methoxy groups -OCH3 is 2. The molecule has 6 aromatic carbocycles. The van der Waals surface area contributed by atoms with Crippen LogP contribution in [0.15, 0.2) is 227 Å². The van der Waals surface area contributed by atoms with E-state index in [-0.39, 0.29) is 0 Å². The van der Waals surface area contributed by atoms with E-state index in [9.17, 15) is 28.8 Å². The molecule has 6 aromatic heterocycles. The number of morpholine rings is 1. The van der Waals surface area contributed by atoms with Crippen molar-refractivity contribution in [3.8, 4) is 34.5 Å². The number of carbonyl (C=O) groups excluding carboxylic acids is 6. The van der Waals surface area contributed by atoms with Gasteiger partial charge in [-0.25, -0.2) is 58.7 Å². The zero-order valence-corrected chi connectivity index (χ0v) is 80.3. The number of rotatable bonds is 30. The van der Waals surface area contributed by atoms with Crippen molar-refractivity contribution >= 4 is 163 Å². The van der Waals surface area contributed by atoms with E-state index in [4.69, 9.17) is 91.2 Å². The highest BCUT2D eigenvalue weighted by Gasteiger charge is 2.21. The zero-order chi connectivity index (χ0) is 98.6. The van der Waals surface area contributed by atoms with Gasteiger partial charge in [-0.05, 0) is 150 Å². The lowest BCUT2D eigenvalue weighted by Gasteiger charge is -2.32. The Morgan fingerprint density at radius 2 is 0.583 bits per heavy atom. The van der Waals surface area contributed by atoms with E-state index >= 15 is 0 Å². The summed E-state index contributed by atoms with van der Waals surface area (Å²) in [5.41, 5.74) is 3.04. The van der Waals surface area contributed by atoms with Crippen molar-refractivity contribution in [3.63, 3.8) is 0 Å². The maximum absolute atomic E-state index is 12.2. The number of piperazine rings is 1. The molecule has 47 heteroatoms. The van der Waals surface area contributed by atoms with Gasteiger partial charge in [0.1, 0.15) is 60.9 Å². The quantitative estimate of drug-likeness (QED) is 0.0199. The van der Waals surface area contributed by atoms with Crippen LogP contribution >= 0.6 is 58.0 Å². The summed E-state index contributed by atoms with van der Waals surface area (Å²) in [6, 6.07) is 29.9. The van der Waals surface area contributed by atoms with Crippen molar-refractivity contribution in [2.45, 2.75) is 19.3 Å². The number of halogens is 5. The highest BCUT2D eigenvalue weighted by Crippen LogP contribution is 2.34. The van der Waals surface area contributed by atoms with Gasteiger partial charge in [0.25, 0.3) is 0 Å². The molecule has 3 saturated heterocycles. The summed E-state index contributed by atoms with van der Waals surface area (Å²) in [5.74, 6) is 5.50. The van der Waals surface area contributed by atoms with Gasteiger partial charge in [-0.3, -0.25) is 76.5 Å². The van der Waals surface area contributed by atoms with E-state index in [1.807, 2.05) is 25.1 Å². The molecule has 9 heterocycles. The lowest BCUT2D eigenvalue weighted by atomic mass is 10.1. The number of urea groups is 6. The van der Waals surface area contributed by atoms with Gasteiger partial charge in [-0.1, -0.05) is 76.6 Å². The number of hydrogen-bond donors (Lipinski definition) is 12. The van der Waals surface area contributed by atoms with Gasteiger partial charge in [-0.15, -0.1) is 0 Å². The SMILES string of the molecule is CN(C)CCOc1ccc(Cl)cc1NC(=O)Nc1cnccn1.CN1CCN(CCOc2ccc(Cl)cc2NC(=O)Nc2cnccn2)CC1.COc1ccc(Cl)cc1NC(=O)Nc1cnccn1.COc1ccccc1NC(=O)Nc1cnccn1.O=C(Nc1cnccn1)Nc1cc(Cl)ccc1OCCN1CCCCC1.O=C(Nc1cnccn1)Nc1cc(Cl)ccc1OCCN1CCOCC1. The monoisotopic (exact) mass is 2000 g/mol. The van der Waals surface area contributed by atoms with Gasteiger partial charge in [0.05, 0.1) is 98.7 Å². The molecule has 0 bridgehead atoms. The molecular formula is C92H106Cl5N29O13. The highest BCUT2D eigenvalue weighted by atomic mass is 35.5. The summed E-state index contributed by atoms with van der Waals surface area (Å²) in [7, 11) is 9.10. The molecule has 3 aliphatic rings. The molecule has 139 heavy (non-hydrogen) atoms. The maximum atomic E-state index is 12.2. The molecule has 3 aliphatic heterocycles. The average molecular weight is 2000 g/mol. The van der Waals surface area contributed by atoms with Crippen LogP contribution in [0.2, 0.25) is 25.1 Å². The summed E-state index contributed by atoms with van der Waals surface area (Å²) in [6.45, 7) is 15.1. The van der Waals surface area contributed by atoms with E-state index in [1.54, 1.807) is 116 Å². The van der Waals surface area contributed by atoms with E-state index in [0.29, 0.717) is 155 Å². The van der Waals surface area contributed by atoms with Crippen LogP contribution in [-0.4, -0.2) is 274 Å². The Labute approximate surface area is 827 Å². The predicted molar refractivity (Wildman–Crippen MR) is 537 cm³/mol. The Bertz CT molecular complexity index is 5640. The molecule has 732 valence electrons. The van der Waals surface area contributed by atoms with Crippen molar-refractivity contribution in [1.29, 1.82) is 0 Å². The topological polar surface area (TPSA) is 482 Å². The molecule has 12 N–H and O–H groups in total. The lowest BCUT2D eigenvalue weighted by molar-refractivity contribution is 0.0323. The molecule has 42 nitrogen and oxygen atoms in total. The third-order valence-electron chi connectivity index (χ3n) is 19.3. The first kappa shape index (κ1) is 106. The molecule has 0 saturated carbocycles. The first-order valence-electron chi connectivity index (χ1n) is 43.3. The predicted octanol–water partition coefficient (Wildman–Crippen LogP) is 16.2. The van der Waals surface area contributed by atoms with Crippen molar-refractivity contribution in [3.05, 3.63) is 252 Å². The van der Waals surface area contributed by atoms with E-state index in [0.717, 1.165) is 91.8 Å². The van der Waals surface area contributed by atoms with Gasteiger partial charge in [0.2, 0.25) is 0 Å². The van der Waals surface area contributed by atoms with Gasteiger partial charge in [0, 0.05) is 165 Å². The van der Waals surface area contributed by atoms with Crippen LogP contribution in [0.4, 0.5) is 97.8 Å². The third-order valence-corrected chi connectivity index (χ3v) is 20.5. The Morgan fingerprint density at radius 1 is 0.317 bits per heavy atom. The van der Waals surface area contributed by atoms with Crippen LogP contribution in [0, 0.1) is 0 Å². The Kier molecular flexibility index (Phi) is 45.5. The fraction of sp³-hybridized carbons (Fsp3) is 0.283. The third kappa shape index (κ3) is 40.7. The molecule has 0 radical (unpaired) electrons. The summed E-state index contributed by atoms with van der Waals surface area (Å²) < 4.78 is 38.9. The number of likely N-dealkylation sites (tertiary alicyclic amines) is 1. The van der Waals surface area contributed by atoms with Crippen molar-refractivity contribution in [2.24, 2.45) is 0 Å². The minimum Gasteiger partial charge on any atom is -0.495 e. The number of nitrogens with one attached hydrogen (secondary N) is 12. The van der Waals surface area contributed by atoms with Crippen molar-refractivity contribution in [2.75, 3.05) is 217 Å². The summed E-state index contributed by atoms with van der Waals surface area (Å²) in [6.07, 6.45) is 30.7. The molecule has 3 fully saturated rings. The van der Waals surface area contributed by atoms with Crippen LogP contribution in [0.25, 0.3) is 0 Å². The number of ether oxygens (including phenoxy) is 7. The number of amides is 12. The van der Waals surface area contributed by atoms with E-state index in [2.05, 4.69) is 150 Å². The van der Waals surface area contributed by atoms with Crippen LogP contribution in [0.3, 0.4) is 0 Å². The highest BCUT2D eigenvalue weighted by molar-refractivity contribution is 6.32. The number of nitrogens with zero attached hydrogens (tertiary/aromatic N) is 17. The van der Waals surface area contributed by atoms with E-state index in [1.165, 1.54) is 138 Å². The fourth-order valence-corrected chi connectivity index (χ4v) is 13.4. The molecular weight excluding hydrogens is 1900 g/mol. The molecule has 12 amide bonds. The molecule has 0 unspecified atom stereocenters. The second kappa shape index (κ2) is 59.4. The Morgan fingerprint density at radius 3 is 0.878 bits per heavy atom. The number of para-hydroxylation sites is 2. The average Bonchev–Trinajstić information content (AvgIpc) is 0.892. The van der Waals surface area contributed by atoms with Crippen LogP contribution < -0.4 is 92.2 Å². The second-order valence-corrected chi connectivity index (χ2v) is 32.0. The maximum Gasteiger partial charge on any atom is 0.325 e. The first-order valence-corrected chi connectivity index (χ1v) is 45.2. The number of carbonyl (C=O) groups is 6. The summed E-state index contributed by atoms with van der Waals surface area (Å²) in [5, 5.41) is 34.2. The van der Waals surface area contributed by atoms with Gasteiger partial charge in [0.15, 0.2) is 34.9 Å². The summed E-state index contributed by atoms with van der Waals surface area (Å²) >= 11 is 30.0. The second-order valence-electron chi connectivity index (χ2n) is 29.8. The standard InChI is InChI=1S/C18H23ClN6O2.C18H22ClN5O2.C17H20ClN5O3.C15H18ClN5O2.C12H11ClN4O2.C12H12N4O2/c1-24-6-8-25(9-7-24)10-11-27-16-3-2-14(19)12-15(16)22-18(26)23-17-13-20-4-5-21-17;19-14-4-5-16(26-11-10-24-8-2-1-3-9-24)15(12-14)22-18(25)23-17-13-20-6-7-21-17;18-13-1-2-15(26-10-7-23-5-8-25-9-6-23)14(11-13)21-17(24)22-16-12-19-3-4-20-16;1-21(2)7-8-23-13-4-3-11(16)9-12(13)19-15(22)20-14-10-17-5-6-18-14;1-19-10-3-2-8(13)6-9(10)16-12(18)17-11-7-14-4-5-15-11;1-18-10-5-3-2-4-9(10)15-12(17)16-11-8-13-6-7-14-11/h2-5,12-13H,6-11H2,1H3,(H2,21,22,23,26);4-7,12-13H,1-3,8-11H2,(H2,21,22,23,25);1-4,11-12H,5-10H2,(H2,20,21,22,24);3-6,9-10H,7-8H2,1-2H3,(H2,18,19,20,22);2-7H,1H3,(H2,15,16,17,18);2-8H,1H3,(H2,14,15,16,17). The minimum atomic E-state index is -0.457. The van der Waals surface area contributed by atoms with Crippen LogP contribution in [-0.2, 0) is 4.74 Å². The van der Waals surface area contributed by atoms with Crippen LogP contribution in [0.5, 0.6) is 34.5 Å². The number of likely N-dealkylation sites (N-methyl/N-ethyl adjacent to an activating group) is 2.